The largest absolute Gasteiger partial charge is 0.103 e. The second-order valence-corrected chi connectivity index (χ2v) is 4.91. The number of hydrogen-bond donors (Lipinski definition) is 0. The molecule has 0 aliphatic carbocycles. The molecule has 0 bridgehead atoms. The van der Waals surface area contributed by atoms with E-state index in [4.69, 9.17) is 0 Å². The van der Waals surface area contributed by atoms with Crippen molar-refractivity contribution in [2.24, 2.45) is 0 Å². The second kappa shape index (κ2) is 20.6. The third-order valence-corrected chi connectivity index (χ3v) is 1.51. The van der Waals surface area contributed by atoms with Gasteiger partial charge in [0.1, 0.15) is 0 Å². The maximum atomic E-state index is 3.68. The highest BCUT2D eigenvalue weighted by atomic mass is 13.9. The third kappa shape index (κ3) is 97.6. The van der Waals surface area contributed by atoms with Gasteiger partial charge >= 0.3 is 0 Å². The minimum atomic E-state index is 1.17. The molecule has 0 N–H and O–H groups in total. The summed E-state index contributed by atoms with van der Waals surface area (Å²) in [5, 5.41) is 0. The monoisotopic (exact) mass is 238 g/mol. The Balaban J connectivity index is -0.000000205. The lowest BCUT2D eigenvalue weighted by atomic mass is 10.1. The Morgan fingerprint density at radius 1 is 0.824 bits per heavy atom. The van der Waals surface area contributed by atoms with E-state index in [1.165, 1.54) is 49.7 Å². The van der Waals surface area contributed by atoms with Crippen molar-refractivity contribution in [3.8, 4) is 0 Å². The van der Waals surface area contributed by atoms with Gasteiger partial charge in [0.2, 0.25) is 0 Å². The van der Waals surface area contributed by atoms with Gasteiger partial charge in [0, 0.05) is 0 Å². The third-order valence-electron chi connectivity index (χ3n) is 1.51. The molecule has 0 radical (unpaired) electrons. The van der Waals surface area contributed by atoms with Gasteiger partial charge in [0.05, 0.1) is 0 Å². The van der Waals surface area contributed by atoms with Gasteiger partial charge in [-0.3, -0.25) is 0 Å². The average Bonchev–Trinajstić information content (AvgIpc) is 2.16. The molecule has 17 heavy (non-hydrogen) atoms. The topological polar surface area (TPSA) is 0 Å². The lowest BCUT2D eigenvalue weighted by Crippen LogP contribution is -1.74. The fraction of sp³-hybridized carbons (Fsp3) is 0.647. The van der Waals surface area contributed by atoms with Crippen molar-refractivity contribution in [3.63, 3.8) is 0 Å². The van der Waals surface area contributed by atoms with Crippen LogP contribution in [0.15, 0.2) is 37.0 Å². The zero-order valence-corrected chi connectivity index (χ0v) is 12.9. The van der Waals surface area contributed by atoms with Gasteiger partial charge in [-0.25, -0.2) is 0 Å². The van der Waals surface area contributed by atoms with Crippen LogP contribution in [0.25, 0.3) is 0 Å². The Bertz CT molecular complexity index is 154. The minimum absolute atomic E-state index is 1.17. The molecule has 0 nitrogen and oxygen atoms in total. The first-order chi connectivity index (χ1) is 7.88. The molecular formula is C17H34. The zero-order chi connectivity index (χ0) is 14.1. The van der Waals surface area contributed by atoms with Crippen molar-refractivity contribution in [1.82, 2.24) is 0 Å². The van der Waals surface area contributed by atoms with Crippen molar-refractivity contribution >= 4 is 0 Å². The molecule has 0 spiro atoms. The Kier molecular flexibility index (Phi) is 26.1. The quantitative estimate of drug-likeness (QED) is 0.357. The van der Waals surface area contributed by atoms with E-state index in [9.17, 15) is 0 Å². The molecule has 0 saturated heterocycles. The van der Waals surface area contributed by atoms with E-state index in [-0.39, 0.29) is 0 Å². The van der Waals surface area contributed by atoms with Crippen molar-refractivity contribution in [2.45, 2.75) is 73.1 Å². The minimum Gasteiger partial charge on any atom is -0.103 e. The molecule has 0 aromatic rings. The summed E-state index contributed by atoms with van der Waals surface area (Å²) in [6, 6.07) is 0. The van der Waals surface area contributed by atoms with E-state index in [0.717, 1.165) is 0 Å². The van der Waals surface area contributed by atoms with Gasteiger partial charge in [-0.05, 0) is 40.5 Å². The molecular weight excluding hydrogens is 204 g/mol. The average molecular weight is 238 g/mol. The summed E-state index contributed by atoms with van der Waals surface area (Å²) in [7, 11) is 0. The first-order valence-electron chi connectivity index (χ1n) is 6.73. The first-order valence-corrected chi connectivity index (χ1v) is 6.73. The van der Waals surface area contributed by atoms with Crippen LogP contribution < -0.4 is 0 Å². The molecule has 102 valence electrons. The number of allylic oxidation sites excluding steroid dienone is 3. The molecule has 0 amide bonds. The van der Waals surface area contributed by atoms with Crippen LogP contribution in [-0.2, 0) is 0 Å². The summed E-state index contributed by atoms with van der Waals surface area (Å²) in [6.07, 6.45) is 10.1. The van der Waals surface area contributed by atoms with Crippen LogP contribution in [0.4, 0.5) is 0 Å². The van der Waals surface area contributed by atoms with Crippen LogP contribution in [-0.4, -0.2) is 0 Å². The fourth-order valence-corrected chi connectivity index (χ4v) is 0.892. The predicted octanol–water partition coefficient (Wildman–Crippen LogP) is 6.70. The Morgan fingerprint density at radius 2 is 1.18 bits per heavy atom. The highest BCUT2D eigenvalue weighted by Crippen LogP contribution is 2.04. The van der Waals surface area contributed by atoms with E-state index in [1.807, 2.05) is 33.8 Å². The molecule has 0 heteroatoms. The number of rotatable bonds is 6. The van der Waals surface area contributed by atoms with Gasteiger partial charge in [-0.1, -0.05) is 49.8 Å². The van der Waals surface area contributed by atoms with Crippen LogP contribution in [0, 0.1) is 0 Å². The van der Waals surface area contributed by atoms with Crippen molar-refractivity contribution in [1.29, 1.82) is 0 Å². The molecule has 0 saturated carbocycles. The highest BCUT2D eigenvalue weighted by Gasteiger charge is 1.84. The molecule has 0 aromatic carbocycles. The zero-order valence-electron chi connectivity index (χ0n) is 12.9. The summed E-state index contributed by atoms with van der Waals surface area (Å²) in [5.74, 6) is 0. The molecule has 0 aliphatic rings. The Morgan fingerprint density at radius 3 is 1.47 bits per heavy atom. The SMILES string of the molecule is C=C(C)C.C=C(C)C.C=CCCCCCCC. The van der Waals surface area contributed by atoms with Gasteiger partial charge < -0.3 is 0 Å². The van der Waals surface area contributed by atoms with Crippen LogP contribution in [0.2, 0.25) is 0 Å². The predicted molar refractivity (Wildman–Crippen MR) is 84.5 cm³/mol. The summed E-state index contributed by atoms with van der Waals surface area (Å²) in [4.78, 5) is 0. The van der Waals surface area contributed by atoms with Crippen LogP contribution in [0.1, 0.15) is 73.1 Å². The van der Waals surface area contributed by atoms with E-state index in [2.05, 4.69) is 26.7 Å². The number of hydrogen-bond acceptors (Lipinski definition) is 0. The van der Waals surface area contributed by atoms with E-state index >= 15 is 0 Å². The van der Waals surface area contributed by atoms with Crippen molar-refractivity contribution in [3.05, 3.63) is 37.0 Å². The summed E-state index contributed by atoms with van der Waals surface area (Å²) < 4.78 is 0. The van der Waals surface area contributed by atoms with Crippen LogP contribution in [0.3, 0.4) is 0 Å². The lowest BCUT2D eigenvalue weighted by Gasteiger charge is -1.94. The first kappa shape index (κ1) is 21.5. The summed E-state index contributed by atoms with van der Waals surface area (Å²) in [5.41, 5.74) is 2.33. The highest BCUT2D eigenvalue weighted by molar-refractivity contribution is 4.79. The van der Waals surface area contributed by atoms with Crippen molar-refractivity contribution in [2.75, 3.05) is 0 Å². The van der Waals surface area contributed by atoms with Gasteiger partial charge in [0.25, 0.3) is 0 Å². The maximum Gasteiger partial charge on any atom is -0.0353 e. The molecule has 0 heterocycles. The van der Waals surface area contributed by atoms with Gasteiger partial charge in [0.15, 0.2) is 0 Å². The van der Waals surface area contributed by atoms with Gasteiger partial charge in [-0.15, -0.1) is 19.7 Å². The molecule has 0 atom stereocenters. The standard InChI is InChI=1S/C9H18.2C4H8/c1-3-5-7-9-8-6-4-2;2*1-4(2)3/h3H,1,4-9H2,2H3;2*1H2,2-3H3. The summed E-state index contributed by atoms with van der Waals surface area (Å²) >= 11 is 0. The lowest BCUT2D eigenvalue weighted by molar-refractivity contribution is 0.638. The van der Waals surface area contributed by atoms with E-state index in [1.54, 1.807) is 0 Å². The fourth-order valence-electron chi connectivity index (χ4n) is 0.892. The molecule has 0 unspecified atom stereocenters. The van der Waals surface area contributed by atoms with Crippen molar-refractivity contribution < 1.29 is 0 Å². The number of unbranched alkanes of at least 4 members (excludes halogenated alkanes) is 5. The molecule has 0 fully saturated rings. The van der Waals surface area contributed by atoms with E-state index < -0.39 is 0 Å². The van der Waals surface area contributed by atoms with Crippen LogP contribution in [0.5, 0.6) is 0 Å². The Labute approximate surface area is 111 Å². The summed E-state index contributed by atoms with van der Waals surface area (Å²) in [6.45, 7) is 20.9. The Hall–Kier alpha value is -0.780. The van der Waals surface area contributed by atoms with Gasteiger partial charge in [-0.2, -0.15) is 0 Å². The smallest absolute Gasteiger partial charge is 0.0353 e. The normalized spacial score (nSPS) is 8.06. The second-order valence-electron chi connectivity index (χ2n) is 4.91. The maximum absolute atomic E-state index is 3.68. The molecule has 0 rings (SSSR count). The van der Waals surface area contributed by atoms with Crippen LogP contribution >= 0.6 is 0 Å². The molecule has 0 aliphatic heterocycles. The van der Waals surface area contributed by atoms with E-state index in [0.29, 0.717) is 0 Å². The molecule has 0 aromatic heterocycles.